The van der Waals surface area contributed by atoms with E-state index in [1.165, 1.54) is 6.07 Å². The van der Waals surface area contributed by atoms with Crippen molar-refractivity contribution in [2.24, 2.45) is 0 Å². The summed E-state index contributed by atoms with van der Waals surface area (Å²) in [6, 6.07) is 8.04. The zero-order valence-corrected chi connectivity index (χ0v) is 14.6. The molecule has 0 radical (unpaired) electrons. The van der Waals surface area contributed by atoms with Crippen molar-refractivity contribution in [1.82, 2.24) is 24.8 Å². The molecule has 1 saturated heterocycles. The molecule has 2 aromatic rings. The van der Waals surface area contributed by atoms with E-state index in [1.54, 1.807) is 0 Å². The summed E-state index contributed by atoms with van der Waals surface area (Å²) in [4.78, 5) is 28.3. The first-order valence-electron chi connectivity index (χ1n) is 8.51. The van der Waals surface area contributed by atoms with Crippen molar-refractivity contribution < 1.29 is 0 Å². The number of H-pyrrole nitrogens is 1. The fourth-order valence-electron chi connectivity index (χ4n) is 3.30. The van der Waals surface area contributed by atoms with Gasteiger partial charge in [-0.25, -0.2) is 4.98 Å². The lowest BCUT2D eigenvalue weighted by molar-refractivity contribution is 0.0745. The number of aromatic nitrogens is 3. The molecule has 0 amide bonds. The summed E-state index contributed by atoms with van der Waals surface area (Å²) >= 11 is 0. The summed E-state index contributed by atoms with van der Waals surface area (Å²) < 4.78 is 0. The van der Waals surface area contributed by atoms with E-state index < -0.39 is 0 Å². The van der Waals surface area contributed by atoms with Crippen LogP contribution < -0.4 is 5.56 Å². The van der Waals surface area contributed by atoms with Gasteiger partial charge in [-0.1, -0.05) is 6.07 Å². The molecule has 24 heavy (non-hydrogen) atoms. The largest absolute Gasteiger partial charge is 0.309 e. The molecule has 2 aromatic heterocycles. The molecule has 0 aromatic carbocycles. The summed E-state index contributed by atoms with van der Waals surface area (Å²) in [6.07, 6.45) is 1.85. The molecule has 6 nitrogen and oxygen atoms in total. The van der Waals surface area contributed by atoms with Crippen molar-refractivity contribution in [3.8, 4) is 0 Å². The second kappa shape index (κ2) is 7.23. The van der Waals surface area contributed by atoms with Gasteiger partial charge < -0.3 is 4.98 Å². The number of aromatic amines is 1. The number of rotatable bonds is 4. The van der Waals surface area contributed by atoms with E-state index >= 15 is 0 Å². The van der Waals surface area contributed by atoms with Crippen LogP contribution in [-0.4, -0.2) is 50.9 Å². The molecule has 3 heterocycles. The number of piperazine rings is 1. The Morgan fingerprint density at radius 1 is 1.08 bits per heavy atom. The first-order chi connectivity index (χ1) is 11.5. The van der Waals surface area contributed by atoms with Crippen LogP contribution in [-0.2, 0) is 0 Å². The maximum atomic E-state index is 11.7. The molecular formula is C18H25N5O. The zero-order valence-electron chi connectivity index (χ0n) is 14.6. The van der Waals surface area contributed by atoms with Gasteiger partial charge in [0, 0.05) is 50.2 Å². The second-order valence-electron chi connectivity index (χ2n) is 6.45. The highest BCUT2D eigenvalue weighted by molar-refractivity contribution is 5.09. The molecule has 2 atom stereocenters. The van der Waals surface area contributed by atoms with Crippen LogP contribution in [0.3, 0.4) is 0 Å². The highest BCUT2D eigenvalue weighted by Gasteiger charge is 2.26. The zero-order chi connectivity index (χ0) is 17.1. The molecule has 0 aliphatic carbocycles. The number of aryl methyl sites for hydroxylation is 1. The fraction of sp³-hybridized carbons (Fsp3) is 0.500. The fourth-order valence-corrected chi connectivity index (χ4v) is 3.30. The van der Waals surface area contributed by atoms with Crippen LogP contribution in [0.25, 0.3) is 0 Å². The summed E-state index contributed by atoms with van der Waals surface area (Å²) in [5.41, 5.74) is 1.80. The Hall–Kier alpha value is -2.05. The molecule has 2 unspecified atom stereocenters. The third-order valence-electron chi connectivity index (χ3n) is 4.84. The third-order valence-corrected chi connectivity index (χ3v) is 4.84. The van der Waals surface area contributed by atoms with Gasteiger partial charge in [-0.3, -0.25) is 19.6 Å². The Morgan fingerprint density at radius 2 is 1.75 bits per heavy atom. The molecule has 1 fully saturated rings. The van der Waals surface area contributed by atoms with Gasteiger partial charge in [0.25, 0.3) is 5.56 Å². The average Bonchev–Trinajstić information content (AvgIpc) is 2.60. The van der Waals surface area contributed by atoms with E-state index in [4.69, 9.17) is 0 Å². The molecule has 6 heteroatoms. The van der Waals surface area contributed by atoms with Crippen LogP contribution in [0.5, 0.6) is 0 Å². The quantitative estimate of drug-likeness (QED) is 0.929. The van der Waals surface area contributed by atoms with Crippen molar-refractivity contribution in [3.63, 3.8) is 0 Å². The molecule has 0 spiro atoms. The van der Waals surface area contributed by atoms with Gasteiger partial charge in [0.1, 0.15) is 5.82 Å². The van der Waals surface area contributed by atoms with Gasteiger partial charge in [0.2, 0.25) is 0 Å². The van der Waals surface area contributed by atoms with Crippen LogP contribution in [0, 0.1) is 6.92 Å². The molecule has 1 N–H and O–H groups in total. The maximum Gasteiger partial charge on any atom is 0.251 e. The van der Waals surface area contributed by atoms with Crippen molar-refractivity contribution in [2.75, 3.05) is 26.2 Å². The number of nitrogens with one attached hydrogen (secondary N) is 1. The van der Waals surface area contributed by atoms with Crippen molar-refractivity contribution >= 4 is 0 Å². The number of hydrogen-bond donors (Lipinski definition) is 1. The number of pyridine rings is 1. The third kappa shape index (κ3) is 3.71. The topological polar surface area (TPSA) is 65.1 Å². The van der Waals surface area contributed by atoms with E-state index in [1.807, 2.05) is 25.3 Å². The molecular weight excluding hydrogens is 302 g/mol. The van der Waals surface area contributed by atoms with Gasteiger partial charge in [-0.05, 0) is 32.9 Å². The van der Waals surface area contributed by atoms with Crippen LogP contribution >= 0.6 is 0 Å². The highest BCUT2D eigenvalue weighted by Crippen LogP contribution is 2.23. The predicted octanol–water partition coefficient (Wildman–Crippen LogP) is 1.91. The Bertz CT molecular complexity index is 722. The average molecular weight is 327 g/mol. The van der Waals surface area contributed by atoms with Crippen molar-refractivity contribution in [2.45, 2.75) is 32.9 Å². The molecule has 1 aliphatic rings. The lowest BCUT2D eigenvalue weighted by Gasteiger charge is -2.40. The van der Waals surface area contributed by atoms with E-state index in [2.05, 4.69) is 44.7 Å². The van der Waals surface area contributed by atoms with E-state index in [0.717, 1.165) is 43.4 Å². The Kier molecular flexibility index (Phi) is 5.06. The Labute approximate surface area is 142 Å². The van der Waals surface area contributed by atoms with Crippen molar-refractivity contribution in [3.05, 3.63) is 58.0 Å². The summed E-state index contributed by atoms with van der Waals surface area (Å²) in [7, 11) is 0. The maximum absolute atomic E-state index is 11.7. The predicted molar refractivity (Wildman–Crippen MR) is 93.8 cm³/mol. The van der Waals surface area contributed by atoms with E-state index in [-0.39, 0.29) is 11.6 Å². The number of hydrogen-bond acceptors (Lipinski definition) is 5. The monoisotopic (exact) mass is 327 g/mol. The minimum Gasteiger partial charge on any atom is -0.309 e. The summed E-state index contributed by atoms with van der Waals surface area (Å²) in [5, 5.41) is 0. The lowest BCUT2D eigenvalue weighted by atomic mass is 10.1. The van der Waals surface area contributed by atoms with E-state index in [0.29, 0.717) is 6.04 Å². The van der Waals surface area contributed by atoms with E-state index in [9.17, 15) is 4.79 Å². The smallest absolute Gasteiger partial charge is 0.251 e. The minimum atomic E-state index is -0.0771. The van der Waals surface area contributed by atoms with Gasteiger partial charge in [0.15, 0.2) is 0 Å². The highest BCUT2D eigenvalue weighted by atomic mass is 16.1. The van der Waals surface area contributed by atoms with Crippen LogP contribution in [0.15, 0.2) is 35.3 Å². The first-order valence-corrected chi connectivity index (χ1v) is 8.51. The summed E-state index contributed by atoms with van der Waals surface area (Å²) in [6.45, 7) is 10.1. The first kappa shape index (κ1) is 16.8. The standard InChI is InChI=1S/C18H25N5O/c1-13-12-17(24)21-18(20-13)15(3)23-10-8-22(9-11-23)14(2)16-6-4-5-7-19-16/h4-7,12,14-15H,8-11H2,1-3H3,(H,20,21,24). The van der Waals surface area contributed by atoms with Gasteiger partial charge in [0.05, 0.1) is 11.7 Å². The normalized spacial score (nSPS) is 19.1. The molecule has 0 bridgehead atoms. The van der Waals surface area contributed by atoms with Crippen molar-refractivity contribution in [1.29, 1.82) is 0 Å². The summed E-state index contributed by atoms with van der Waals surface area (Å²) in [5.74, 6) is 0.756. The molecule has 0 saturated carbocycles. The molecule has 3 rings (SSSR count). The Morgan fingerprint density at radius 3 is 2.33 bits per heavy atom. The van der Waals surface area contributed by atoms with Gasteiger partial charge >= 0.3 is 0 Å². The SMILES string of the molecule is Cc1cc(=O)[nH]c(C(C)N2CCN(C(C)c3ccccn3)CC2)n1. The van der Waals surface area contributed by atoms with Crippen LogP contribution in [0.2, 0.25) is 0 Å². The molecule has 1 aliphatic heterocycles. The minimum absolute atomic E-state index is 0.0771. The van der Waals surface area contributed by atoms with Gasteiger partial charge in [-0.2, -0.15) is 0 Å². The van der Waals surface area contributed by atoms with Crippen LogP contribution in [0.4, 0.5) is 0 Å². The second-order valence-corrected chi connectivity index (χ2v) is 6.45. The molecule has 128 valence electrons. The van der Waals surface area contributed by atoms with Gasteiger partial charge in [-0.15, -0.1) is 0 Å². The Balaban J connectivity index is 1.63. The lowest BCUT2D eigenvalue weighted by Crippen LogP contribution is -2.48. The number of nitrogens with zero attached hydrogens (tertiary/aromatic N) is 4. The van der Waals surface area contributed by atoms with Crippen LogP contribution in [0.1, 0.15) is 43.1 Å².